The number of hydrogen-bond donors (Lipinski definition) is 0. The Balaban J connectivity index is 1.73. The van der Waals surface area contributed by atoms with Gasteiger partial charge in [0.05, 0.1) is 5.92 Å². The molecule has 1 aliphatic rings. The van der Waals surface area contributed by atoms with Gasteiger partial charge in [-0.3, -0.25) is 0 Å². The molecular formula is C13H14F3N5. The molecule has 5 nitrogen and oxygen atoms in total. The molecule has 1 fully saturated rings. The molecule has 3 rings (SSSR count). The molecule has 21 heavy (non-hydrogen) atoms. The van der Waals surface area contributed by atoms with Gasteiger partial charge in [-0.05, 0) is 18.9 Å². The zero-order valence-electron chi connectivity index (χ0n) is 11.2. The Hall–Kier alpha value is -2.12. The molecule has 0 aromatic carbocycles. The second-order valence-corrected chi connectivity index (χ2v) is 4.99. The average Bonchev–Trinajstić information content (AvgIpc) is 3.01. The van der Waals surface area contributed by atoms with Gasteiger partial charge in [0.1, 0.15) is 12.1 Å². The Bertz CT molecular complexity index is 588. The molecule has 0 N–H and O–H groups in total. The quantitative estimate of drug-likeness (QED) is 0.854. The Morgan fingerprint density at radius 1 is 1.10 bits per heavy atom. The van der Waals surface area contributed by atoms with Crippen LogP contribution >= 0.6 is 0 Å². The molecule has 0 unspecified atom stereocenters. The first-order valence-electron chi connectivity index (χ1n) is 6.68. The maximum absolute atomic E-state index is 12.7. The van der Waals surface area contributed by atoms with Gasteiger partial charge in [0.2, 0.25) is 0 Å². The molecule has 0 aliphatic carbocycles. The van der Waals surface area contributed by atoms with Crippen LogP contribution in [0.25, 0.3) is 5.82 Å². The van der Waals surface area contributed by atoms with E-state index in [4.69, 9.17) is 0 Å². The van der Waals surface area contributed by atoms with Crippen molar-refractivity contribution in [3.05, 3.63) is 30.9 Å². The molecule has 8 heteroatoms. The van der Waals surface area contributed by atoms with Crippen LogP contribution < -0.4 is 4.90 Å². The number of piperidine rings is 1. The van der Waals surface area contributed by atoms with Gasteiger partial charge in [0, 0.05) is 31.5 Å². The van der Waals surface area contributed by atoms with Crippen molar-refractivity contribution in [2.45, 2.75) is 19.0 Å². The smallest absolute Gasteiger partial charge is 0.356 e. The highest BCUT2D eigenvalue weighted by Crippen LogP contribution is 2.35. The maximum atomic E-state index is 12.7. The molecule has 2 aromatic heterocycles. The van der Waals surface area contributed by atoms with Crippen LogP contribution in [0.3, 0.4) is 0 Å². The van der Waals surface area contributed by atoms with E-state index in [1.165, 1.54) is 6.33 Å². The minimum Gasteiger partial charge on any atom is -0.356 e. The summed E-state index contributed by atoms with van der Waals surface area (Å²) in [6, 6.07) is 3.51. The number of alkyl halides is 3. The monoisotopic (exact) mass is 297 g/mol. The van der Waals surface area contributed by atoms with Crippen LogP contribution in [-0.2, 0) is 0 Å². The van der Waals surface area contributed by atoms with E-state index in [-0.39, 0.29) is 12.8 Å². The zero-order valence-corrected chi connectivity index (χ0v) is 11.2. The van der Waals surface area contributed by atoms with Crippen molar-refractivity contribution in [1.82, 2.24) is 19.7 Å². The van der Waals surface area contributed by atoms with Gasteiger partial charge < -0.3 is 4.90 Å². The Morgan fingerprint density at radius 2 is 1.81 bits per heavy atom. The van der Waals surface area contributed by atoms with Crippen molar-refractivity contribution >= 4 is 5.82 Å². The van der Waals surface area contributed by atoms with Gasteiger partial charge in [0.15, 0.2) is 5.82 Å². The number of nitrogens with zero attached hydrogens (tertiary/aromatic N) is 5. The summed E-state index contributed by atoms with van der Waals surface area (Å²) in [6.07, 6.45) is 0.897. The van der Waals surface area contributed by atoms with Gasteiger partial charge >= 0.3 is 6.18 Å². The summed E-state index contributed by atoms with van der Waals surface area (Å²) in [4.78, 5) is 10.1. The highest BCUT2D eigenvalue weighted by Gasteiger charge is 2.41. The Labute approximate surface area is 119 Å². The van der Waals surface area contributed by atoms with Gasteiger partial charge in [-0.1, -0.05) is 0 Å². The number of anilines is 1. The van der Waals surface area contributed by atoms with E-state index >= 15 is 0 Å². The Morgan fingerprint density at radius 3 is 2.43 bits per heavy atom. The second-order valence-electron chi connectivity index (χ2n) is 4.99. The maximum Gasteiger partial charge on any atom is 0.391 e. The predicted octanol–water partition coefficient (Wildman–Crippen LogP) is 2.44. The Kier molecular flexibility index (Phi) is 3.52. The number of hydrogen-bond acceptors (Lipinski definition) is 4. The van der Waals surface area contributed by atoms with E-state index in [0.29, 0.717) is 24.7 Å². The fraction of sp³-hybridized carbons (Fsp3) is 0.462. The lowest BCUT2D eigenvalue weighted by Gasteiger charge is -2.33. The second kappa shape index (κ2) is 5.34. The first-order valence-corrected chi connectivity index (χ1v) is 6.68. The van der Waals surface area contributed by atoms with E-state index in [1.807, 2.05) is 4.90 Å². The minimum atomic E-state index is -4.10. The number of rotatable bonds is 2. The third-order valence-electron chi connectivity index (χ3n) is 3.66. The predicted molar refractivity (Wildman–Crippen MR) is 70.1 cm³/mol. The summed E-state index contributed by atoms with van der Waals surface area (Å²) < 4.78 is 39.6. The van der Waals surface area contributed by atoms with Gasteiger partial charge in [0.25, 0.3) is 0 Å². The first-order chi connectivity index (χ1) is 10.0. The van der Waals surface area contributed by atoms with Crippen LogP contribution in [0.2, 0.25) is 0 Å². The fourth-order valence-electron chi connectivity index (χ4n) is 2.48. The van der Waals surface area contributed by atoms with Crippen molar-refractivity contribution in [2.75, 3.05) is 18.0 Å². The molecule has 0 bridgehead atoms. The van der Waals surface area contributed by atoms with Crippen LogP contribution in [0, 0.1) is 5.92 Å². The van der Waals surface area contributed by atoms with Crippen LogP contribution in [0.15, 0.2) is 30.9 Å². The van der Waals surface area contributed by atoms with Crippen LogP contribution in [-0.4, -0.2) is 39.0 Å². The standard InChI is InChI=1S/C13H14F3N5/c14-13(15,16)10-2-6-20(7-3-10)11-8-12(18-9-17-11)21-5-1-4-19-21/h1,4-5,8-10H,2-3,6-7H2. The minimum absolute atomic E-state index is 0.102. The summed E-state index contributed by atoms with van der Waals surface area (Å²) in [7, 11) is 0. The summed E-state index contributed by atoms with van der Waals surface area (Å²) >= 11 is 0. The molecular weight excluding hydrogens is 283 g/mol. The van der Waals surface area contributed by atoms with Crippen molar-refractivity contribution in [3.8, 4) is 5.82 Å². The summed E-state index contributed by atoms with van der Waals surface area (Å²) in [5.74, 6) is 0.0280. The SMILES string of the molecule is FC(F)(F)C1CCN(c2cc(-n3cccn3)ncn2)CC1. The molecule has 3 heterocycles. The van der Waals surface area contributed by atoms with Crippen LogP contribution in [0.1, 0.15) is 12.8 Å². The third-order valence-corrected chi connectivity index (χ3v) is 3.66. The van der Waals surface area contributed by atoms with E-state index in [0.717, 1.165) is 0 Å². The molecule has 0 amide bonds. The molecule has 0 saturated carbocycles. The largest absolute Gasteiger partial charge is 0.391 e. The third kappa shape index (κ3) is 2.98. The van der Waals surface area contributed by atoms with Crippen LogP contribution in [0.4, 0.5) is 19.0 Å². The van der Waals surface area contributed by atoms with E-state index in [9.17, 15) is 13.2 Å². The lowest BCUT2D eigenvalue weighted by atomic mass is 9.96. The van der Waals surface area contributed by atoms with Crippen LogP contribution in [0.5, 0.6) is 0 Å². The highest BCUT2D eigenvalue weighted by molar-refractivity contribution is 5.43. The lowest BCUT2D eigenvalue weighted by molar-refractivity contribution is -0.179. The van der Waals surface area contributed by atoms with Crippen molar-refractivity contribution in [2.24, 2.45) is 5.92 Å². The van der Waals surface area contributed by atoms with E-state index < -0.39 is 12.1 Å². The first kappa shape index (κ1) is 13.8. The highest BCUT2D eigenvalue weighted by atomic mass is 19.4. The normalized spacial score (nSPS) is 17.2. The van der Waals surface area contributed by atoms with Gasteiger partial charge in [-0.2, -0.15) is 18.3 Å². The fourth-order valence-corrected chi connectivity index (χ4v) is 2.48. The summed E-state index contributed by atoms with van der Waals surface area (Å²) in [5, 5.41) is 4.08. The zero-order chi connectivity index (χ0) is 14.9. The van der Waals surface area contributed by atoms with E-state index in [1.54, 1.807) is 29.2 Å². The number of aromatic nitrogens is 4. The van der Waals surface area contributed by atoms with E-state index in [2.05, 4.69) is 15.1 Å². The summed E-state index contributed by atoms with van der Waals surface area (Å²) in [5.41, 5.74) is 0. The van der Waals surface area contributed by atoms with Gasteiger partial charge in [-0.15, -0.1) is 0 Å². The van der Waals surface area contributed by atoms with Crippen molar-refractivity contribution in [3.63, 3.8) is 0 Å². The molecule has 0 radical (unpaired) electrons. The average molecular weight is 297 g/mol. The molecule has 0 atom stereocenters. The van der Waals surface area contributed by atoms with Gasteiger partial charge in [-0.25, -0.2) is 14.6 Å². The molecule has 1 saturated heterocycles. The number of halogens is 3. The van der Waals surface area contributed by atoms with Crippen molar-refractivity contribution in [1.29, 1.82) is 0 Å². The van der Waals surface area contributed by atoms with Crippen molar-refractivity contribution < 1.29 is 13.2 Å². The molecule has 0 spiro atoms. The molecule has 2 aromatic rings. The topological polar surface area (TPSA) is 46.8 Å². The lowest BCUT2D eigenvalue weighted by Crippen LogP contribution is -2.39. The summed E-state index contributed by atoms with van der Waals surface area (Å²) in [6.45, 7) is 0.694. The molecule has 112 valence electrons. The molecule has 1 aliphatic heterocycles.